The van der Waals surface area contributed by atoms with Gasteiger partial charge in [-0.15, -0.1) is 0 Å². The van der Waals surface area contributed by atoms with E-state index in [9.17, 15) is 4.79 Å². The number of Topliss-reactive ketones (excluding diaryl/α,β-unsaturated/α-hetero) is 1. The van der Waals surface area contributed by atoms with Crippen LogP contribution in [0.1, 0.15) is 53.2 Å². The van der Waals surface area contributed by atoms with E-state index in [1.807, 2.05) is 0 Å². The third-order valence-corrected chi connectivity index (χ3v) is 4.61. The van der Waals surface area contributed by atoms with Crippen LogP contribution in [0.15, 0.2) is 12.1 Å². The van der Waals surface area contributed by atoms with Crippen molar-refractivity contribution in [2.75, 3.05) is 19.6 Å². The predicted molar refractivity (Wildman–Crippen MR) is 84.4 cm³/mol. The topological polar surface area (TPSA) is 20.3 Å². The Morgan fingerprint density at radius 3 is 2.20 bits per heavy atom. The highest BCUT2D eigenvalue weighted by molar-refractivity contribution is 6.00. The average molecular weight is 273 g/mol. The second-order valence-corrected chi connectivity index (χ2v) is 6.32. The lowest BCUT2D eigenvalue weighted by molar-refractivity contribution is 0.0893. The van der Waals surface area contributed by atoms with Crippen molar-refractivity contribution < 1.29 is 4.79 Å². The van der Waals surface area contributed by atoms with Gasteiger partial charge in [-0.2, -0.15) is 0 Å². The number of rotatable bonds is 4. The molecule has 20 heavy (non-hydrogen) atoms. The molecule has 0 N–H and O–H groups in total. The van der Waals surface area contributed by atoms with Gasteiger partial charge in [0.25, 0.3) is 0 Å². The van der Waals surface area contributed by atoms with Crippen LogP contribution in [0.4, 0.5) is 0 Å². The monoisotopic (exact) mass is 273 g/mol. The van der Waals surface area contributed by atoms with Crippen molar-refractivity contribution in [1.82, 2.24) is 4.90 Å². The van der Waals surface area contributed by atoms with Crippen LogP contribution in [0.25, 0.3) is 0 Å². The molecular weight excluding hydrogens is 246 g/mol. The molecule has 1 aromatic carbocycles. The predicted octanol–water partition coefficient (Wildman–Crippen LogP) is 3.92. The summed E-state index contributed by atoms with van der Waals surface area (Å²) in [6.45, 7) is 11.2. The van der Waals surface area contributed by atoms with Crippen LogP contribution < -0.4 is 0 Å². The van der Waals surface area contributed by atoms with E-state index < -0.39 is 0 Å². The van der Waals surface area contributed by atoms with E-state index in [-0.39, 0.29) is 5.78 Å². The first-order valence-corrected chi connectivity index (χ1v) is 7.84. The number of carbonyl (C=O) groups excluding carboxylic acids is 1. The summed E-state index contributed by atoms with van der Waals surface area (Å²) in [4.78, 5) is 14.9. The molecule has 0 radical (unpaired) electrons. The largest absolute Gasteiger partial charge is 0.296 e. The maximum atomic E-state index is 12.6. The van der Waals surface area contributed by atoms with E-state index in [4.69, 9.17) is 0 Å². The molecule has 2 rings (SSSR count). The van der Waals surface area contributed by atoms with Crippen LogP contribution in [-0.2, 0) is 0 Å². The number of piperidine rings is 1. The highest BCUT2D eigenvalue weighted by Gasteiger charge is 2.21. The van der Waals surface area contributed by atoms with Crippen molar-refractivity contribution in [3.05, 3.63) is 34.4 Å². The quantitative estimate of drug-likeness (QED) is 0.775. The lowest BCUT2D eigenvalue weighted by Gasteiger charge is -2.31. The zero-order valence-corrected chi connectivity index (χ0v) is 13.3. The Balaban J connectivity index is 2.03. The van der Waals surface area contributed by atoms with Crippen LogP contribution in [0.3, 0.4) is 0 Å². The molecule has 1 fully saturated rings. The number of hydrogen-bond acceptors (Lipinski definition) is 2. The van der Waals surface area contributed by atoms with E-state index in [1.165, 1.54) is 24.8 Å². The molecule has 2 heteroatoms. The van der Waals surface area contributed by atoms with Crippen LogP contribution >= 0.6 is 0 Å². The minimum atomic E-state index is 0.287. The minimum absolute atomic E-state index is 0.287. The molecule has 1 aliphatic rings. The molecule has 1 aliphatic heterocycles. The summed E-state index contributed by atoms with van der Waals surface area (Å²) < 4.78 is 0. The highest BCUT2D eigenvalue weighted by Crippen LogP contribution is 2.21. The lowest BCUT2D eigenvalue weighted by Crippen LogP contribution is -2.37. The van der Waals surface area contributed by atoms with Gasteiger partial charge < -0.3 is 0 Å². The molecule has 0 bridgehead atoms. The molecule has 0 unspecified atom stereocenters. The summed E-state index contributed by atoms with van der Waals surface area (Å²) in [5, 5.41) is 0. The number of ketones is 1. The maximum Gasteiger partial charge on any atom is 0.177 e. The first kappa shape index (κ1) is 15.2. The molecule has 1 saturated heterocycles. The van der Waals surface area contributed by atoms with Crippen molar-refractivity contribution in [1.29, 1.82) is 0 Å². The number of carbonyl (C=O) groups is 1. The van der Waals surface area contributed by atoms with Gasteiger partial charge in [0.15, 0.2) is 5.78 Å². The molecular formula is C18H27NO. The van der Waals surface area contributed by atoms with Gasteiger partial charge in [0.05, 0.1) is 6.54 Å². The molecule has 0 spiro atoms. The van der Waals surface area contributed by atoms with Crippen molar-refractivity contribution in [2.45, 2.75) is 47.0 Å². The fourth-order valence-corrected chi connectivity index (χ4v) is 3.45. The molecule has 110 valence electrons. The van der Waals surface area contributed by atoms with Gasteiger partial charge in [0, 0.05) is 5.56 Å². The summed E-state index contributed by atoms with van der Waals surface area (Å²) in [5.41, 5.74) is 4.42. The summed E-state index contributed by atoms with van der Waals surface area (Å²) in [6, 6.07) is 4.23. The van der Waals surface area contributed by atoms with Crippen molar-refractivity contribution in [3.63, 3.8) is 0 Å². The number of hydrogen-bond donors (Lipinski definition) is 0. The Labute approximate surface area is 123 Å². The molecule has 0 aliphatic carbocycles. The van der Waals surface area contributed by atoms with Gasteiger partial charge in [-0.05, 0) is 63.7 Å². The van der Waals surface area contributed by atoms with Crippen LogP contribution in [-0.4, -0.2) is 30.3 Å². The standard InChI is InChI=1S/C18H27NO/c1-5-16-6-8-19(9-7-16)12-17(20)18-14(3)10-13(2)11-15(18)4/h10-11,16H,5-9,12H2,1-4H3. The van der Waals surface area contributed by atoms with Crippen molar-refractivity contribution >= 4 is 5.78 Å². The van der Waals surface area contributed by atoms with Gasteiger partial charge in [-0.3, -0.25) is 9.69 Å². The van der Waals surface area contributed by atoms with Crippen molar-refractivity contribution in [3.8, 4) is 0 Å². The lowest BCUT2D eigenvalue weighted by atomic mass is 9.93. The Morgan fingerprint density at radius 1 is 1.15 bits per heavy atom. The van der Waals surface area contributed by atoms with Gasteiger partial charge in [-0.25, -0.2) is 0 Å². The zero-order chi connectivity index (χ0) is 14.7. The summed E-state index contributed by atoms with van der Waals surface area (Å²) in [5.74, 6) is 1.15. The minimum Gasteiger partial charge on any atom is -0.296 e. The Kier molecular flexibility index (Phi) is 4.98. The third kappa shape index (κ3) is 3.49. The molecule has 2 nitrogen and oxygen atoms in total. The van der Waals surface area contributed by atoms with E-state index in [0.717, 1.165) is 35.7 Å². The van der Waals surface area contributed by atoms with Gasteiger partial charge >= 0.3 is 0 Å². The van der Waals surface area contributed by atoms with Crippen molar-refractivity contribution in [2.24, 2.45) is 5.92 Å². The summed E-state index contributed by atoms with van der Waals surface area (Å²) >= 11 is 0. The zero-order valence-electron chi connectivity index (χ0n) is 13.3. The van der Waals surface area contributed by atoms with Crippen LogP contribution in [0, 0.1) is 26.7 Å². The second-order valence-electron chi connectivity index (χ2n) is 6.32. The average Bonchev–Trinajstić information content (AvgIpc) is 2.38. The summed E-state index contributed by atoms with van der Waals surface area (Å²) in [6.07, 6.45) is 3.77. The van der Waals surface area contributed by atoms with Gasteiger partial charge in [-0.1, -0.05) is 31.0 Å². The smallest absolute Gasteiger partial charge is 0.177 e. The molecule has 0 amide bonds. The molecule has 1 aromatic rings. The van der Waals surface area contributed by atoms with E-state index in [2.05, 4.69) is 44.7 Å². The second kappa shape index (κ2) is 6.53. The van der Waals surface area contributed by atoms with E-state index in [1.54, 1.807) is 0 Å². The number of likely N-dealkylation sites (tertiary alicyclic amines) is 1. The number of aryl methyl sites for hydroxylation is 3. The Morgan fingerprint density at radius 2 is 1.70 bits per heavy atom. The Hall–Kier alpha value is -1.15. The number of benzene rings is 1. The maximum absolute atomic E-state index is 12.6. The molecule has 0 aromatic heterocycles. The molecule has 1 heterocycles. The summed E-state index contributed by atoms with van der Waals surface area (Å²) in [7, 11) is 0. The fraction of sp³-hybridized carbons (Fsp3) is 0.611. The normalized spacial score (nSPS) is 17.4. The first-order valence-electron chi connectivity index (χ1n) is 7.84. The first-order chi connectivity index (χ1) is 9.51. The Bertz CT molecular complexity index is 461. The van der Waals surface area contributed by atoms with E-state index in [0.29, 0.717) is 6.54 Å². The SMILES string of the molecule is CCC1CCN(CC(=O)c2c(C)cc(C)cc2C)CC1. The number of nitrogens with zero attached hydrogens (tertiary/aromatic N) is 1. The van der Waals surface area contributed by atoms with Gasteiger partial charge in [0.2, 0.25) is 0 Å². The fourth-order valence-electron chi connectivity index (χ4n) is 3.45. The highest BCUT2D eigenvalue weighted by atomic mass is 16.1. The van der Waals surface area contributed by atoms with Crippen LogP contribution in [0.2, 0.25) is 0 Å². The van der Waals surface area contributed by atoms with Gasteiger partial charge in [0.1, 0.15) is 0 Å². The van der Waals surface area contributed by atoms with Crippen LogP contribution in [0.5, 0.6) is 0 Å². The molecule has 0 saturated carbocycles. The third-order valence-electron chi connectivity index (χ3n) is 4.61. The van der Waals surface area contributed by atoms with E-state index >= 15 is 0 Å². The molecule has 0 atom stereocenters.